The lowest BCUT2D eigenvalue weighted by Gasteiger charge is -2.36. The number of nitrogens with one attached hydrogen (secondary N) is 1. The smallest absolute Gasteiger partial charge is 0.282 e. The predicted molar refractivity (Wildman–Crippen MR) is 106 cm³/mol. The van der Waals surface area contributed by atoms with Gasteiger partial charge in [0, 0.05) is 25.7 Å². The molecule has 0 fully saturated rings. The molecule has 0 radical (unpaired) electrons. The number of amides is 1. The highest BCUT2D eigenvalue weighted by Gasteiger charge is 2.27. The van der Waals surface area contributed by atoms with Gasteiger partial charge in [0.05, 0.1) is 19.8 Å². The first kappa shape index (κ1) is 21.4. The summed E-state index contributed by atoms with van der Waals surface area (Å²) in [5.41, 5.74) is 1.80. The molecule has 27 heavy (non-hydrogen) atoms. The molecule has 1 aromatic heterocycles. The van der Waals surface area contributed by atoms with Crippen LogP contribution in [0, 0.1) is 6.92 Å². The summed E-state index contributed by atoms with van der Waals surface area (Å²) in [7, 11) is 1.64. The monoisotopic (exact) mass is 392 g/mol. The summed E-state index contributed by atoms with van der Waals surface area (Å²) >= 11 is 1.27. The van der Waals surface area contributed by atoms with Gasteiger partial charge in [0.25, 0.3) is 5.91 Å². The van der Waals surface area contributed by atoms with Crippen LogP contribution in [0.2, 0.25) is 0 Å². The third-order valence-electron chi connectivity index (χ3n) is 4.37. The number of aryl methyl sites for hydroxylation is 1. The first-order chi connectivity index (χ1) is 12.9. The van der Waals surface area contributed by atoms with E-state index in [1.54, 1.807) is 7.11 Å². The molecule has 2 rings (SSSR count). The molecular formula is C19H28N4O3S. The maximum Gasteiger partial charge on any atom is 0.282 e. The highest BCUT2D eigenvalue weighted by molar-refractivity contribution is 7.13. The number of methoxy groups -OCH3 is 1. The number of hydrogen-bond donors (Lipinski definition) is 2. The van der Waals surface area contributed by atoms with Gasteiger partial charge in [0.15, 0.2) is 0 Å². The standard InChI is InChI=1S/C19H28N4O3S/c1-14-5-7-15(8-6-14)11-20-17(25)18-22-21-16(27-18)12-23(9-10-26-4)19(2,3)13-24/h5-8,24H,9-13H2,1-4H3,(H,20,25). The van der Waals surface area contributed by atoms with E-state index in [0.717, 1.165) is 10.6 Å². The Kier molecular flexibility index (Phi) is 7.85. The molecule has 0 aliphatic heterocycles. The Morgan fingerprint density at radius 2 is 2.00 bits per heavy atom. The van der Waals surface area contributed by atoms with E-state index in [1.807, 2.05) is 45.0 Å². The van der Waals surface area contributed by atoms with Crippen molar-refractivity contribution in [2.24, 2.45) is 0 Å². The van der Waals surface area contributed by atoms with Crippen molar-refractivity contribution >= 4 is 17.2 Å². The lowest BCUT2D eigenvalue weighted by Crippen LogP contribution is -2.47. The Morgan fingerprint density at radius 1 is 1.30 bits per heavy atom. The normalized spacial score (nSPS) is 11.8. The van der Waals surface area contributed by atoms with Crippen LogP contribution in [0.25, 0.3) is 0 Å². The van der Waals surface area contributed by atoms with Gasteiger partial charge in [-0.15, -0.1) is 10.2 Å². The van der Waals surface area contributed by atoms with Gasteiger partial charge >= 0.3 is 0 Å². The van der Waals surface area contributed by atoms with Gasteiger partial charge in [0.2, 0.25) is 5.01 Å². The molecule has 2 N–H and O–H groups in total. The van der Waals surface area contributed by atoms with Crippen LogP contribution in [0.3, 0.4) is 0 Å². The molecule has 0 aliphatic carbocycles. The third-order valence-corrected chi connectivity index (χ3v) is 5.28. The summed E-state index contributed by atoms with van der Waals surface area (Å²) in [4.78, 5) is 14.4. The molecule has 148 valence electrons. The molecular weight excluding hydrogens is 364 g/mol. The molecule has 0 bridgehead atoms. The van der Waals surface area contributed by atoms with Gasteiger partial charge in [-0.3, -0.25) is 9.69 Å². The average Bonchev–Trinajstić information content (AvgIpc) is 3.13. The van der Waals surface area contributed by atoms with E-state index in [1.165, 1.54) is 16.9 Å². The quantitative estimate of drug-likeness (QED) is 0.643. The zero-order valence-corrected chi connectivity index (χ0v) is 17.2. The van der Waals surface area contributed by atoms with Crippen LogP contribution >= 0.6 is 11.3 Å². The topological polar surface area (TPSA) is 87.6 Å². The van der Waals surface area contributed by atoms with Crippen LogP contribution in [0.15, 0.2) is 24.3 Å². The largest absolute Gasteiger partial charge is 0.394 e. The van der Waals surface area contributed by atoms with Crippen LogP contribution in [0.1, 0.15) is 39.8 Å². The van der Waals surface area contributed by atoms with Crippen molar-refractivity contribution in [2.45, 2.75) is 39.4 Å². The van der Waals surface area contributed by atoms with Crippen molar-refractivity contribution in [2.75, 3.05) is 26.9 Å². The van der Waals surface area contributed by atoms with Gasteiger partial charge in [-0.25, -0.2) is 0 Å². The van der Waals surface area contributed by atoms with Crippen LogP contribution < -0.4 is 5.32 Å². The molecule has 0 saturated heterocycles. The van der Waals surface area contributed by atoms with E-state index in [-0.39, 0.29) is 12.5 Å². The number of aromatic nitrogens is 2. The lowest BCUT2D eigenvalue weighted by molar-refractivity contribution is 0.0297. The van der Waals surface area contributed by atoms with Crippen molar-refractivity contribution in [1.29, 1.82) is 0 Å². The second kappa shape index (κ2) is 9.89. The number of rotatable bonds is 10. The average molecular weight is 393 g/mol. The van der Waals surface area contributed by atoms with E-state index in [9.17, 15) is 9.90 Å². The number of ether oxygens (including phenoxy) is 1. The molecule has 1 aromatic carbocycles. The summed E-state index contributed by atoms with van der Waals surface area (Å²) in [6, 6.07) is 8.02. The Balaban J connectivity index is 1.97. The minimum atomic E-state index is -0.419. The first-order valence-electron chi connectivity index (χ1n) is 8.86. The number of nitrogens with zero attached hydrogens (tertiary/aromatic N) is 3. The molecule has 0 saturated carbocycles. The maximum atomic E-state index is 12.3. The zero-order chi connectivity index (χ0) is 19.9. The predicted octanol–water partition coefficient (Wildman–Crippen LogP) is 2.00. The second-order valence-electron chi connectivity index (χ2n) is 7.05. The molecule has 0 spiro atoms. The molecule has 0 aliphatic rings. The fourth-order valence-corrected chi connectivity index (χ4v) is 3.21. The van der Waals surface area contributed by atoms with E-state index in [0.29, 0.717) is 31.2 Å². The molecule has 1 heterocycles. The third kappa shape index (κ3) is 6.35. The number of aliphatic hydroxyl groups is 1. The summed E-state index contributed by atoms with van der Waals surface area (Å²) in [6.07, 6.45) is 0. The number of carbonyl (C=O) groups is 1. The molecule has 8 heteroatoms. The van der Waals surface area contributed by atoms with Gasteiger partial charge in [-0.1, -0.05) is 41.2 Å². The zero-order valence-electron chi connectivity index (χ0n) is 16.4. The van der Waals surface area contributed by atoms with Gasteiger partial charge in [-0.2, -0.15) is 0 Å². The second-order valence-corrected chi connectivity index (χ2v) is 8.12. The Morgan fingerprint density at radius 3 is 2.63 bits per heavy atom. The van der Waals surface area contributed by atoms with Crippen LogP contribution in [0.4, 0.5) is 0 Å². The fourth-order valence-electron chi connectivity index (χ4n) is 2.43. The van der Waals surface area contributed by atoms with E-state index >= 15 is 0 Å². The number of benzene rings is 1. The van der Waals surface area contributed by atoms with E-state index < -0.39 is 5.54 Å². The summed E-state index contributed by atoms with van der Waals surface area (Å²) in [5.74, 6) is -0.232. The van der Waals surface area contributed by atoms with Crippen molar-refractivity contribution in [3.63, 3.8) is 0 Å². The lowest BCUT2D eigenvalue weighted by atomic mass is 10.0. The Hall–Kier alpha value is -1.87. The van der Waals surface area contributed by atoms with Crippen LogP contribution in [-0.2, 0) is 17.8 Å². The van der Waals surface area contributed by atoms with E-state index in [2.05, 4.69) is 20.4 Å². The van der Waals surface area contributed by atoms with Crippen molar-refractivity contribution in [1.82, 2.24) is 20.4 Å². The minimum Gasteiger partial charge on any atom is -0.394 e. The van der Waals surface area contributed by atoms with E-state index in [4.69, 9.17) is 4.74 Å². The van der Waals surface area contributed by atoms with Crippen LogP contribution in [-0.4, -0.2) is 58.5 Å². The summed E-state index contributed by atoms with van der Waals surface area (Å²) < 4.78 is 5.15. The summed E-state index contributed by atoms with van der Waals surface area (Å²) in [5, 5.41) is 21.8. The highest BCUT2D eigenvalue weighted by Crippen LogP contribution is 2.19. The Bertz CT molecular complexity index is 731. The summed E-state index contributed by atoms with van der Waals surface area (Å²) in [6.45, 7) is 8.10. The van der Waals surface area contributed by atoms with Crippen molar-refractivity contribution < 1.29 is 14.6 Å². The minimum absolute atomic E-state index is 0.0133. The van der Waals surface area contributed by atoms with Crippen LogP contribution in [0.5, 0.6) is 0 Å². The molecule has 0 unspecified atom stereocenters. The highest BCUT2D eigenvalue weighted by atomic mass is 32.1. The molecule has 1 amide bonds. The maximum absolute atomic E-state index is 12.3. The van der Waals surface area contributed by atoms with Crippen molar-refractivity contribution in [3.05, 3.63) is 45.4 Å². The molecule has 7 nitrogen and oxygen atoms in total. The number of carbonyl (C=O) groups excluding carboxylic acids is 1. The molecule has 0 atom stereocenters. The first-order valence-corrected chi connectivity index (χ1v) is 9.68. The fraction of sp³-hybridized carbons (Fsp3) is 0.526. The SMILES string of the molecule is COCCN(Cc1nnc(C(=O)NCc2ccc(C)cc2)s1)C(C)(C)CO. The van der Waals surface area contributed by atoms with Gasteiger partial charge in [0.1, 0.15) is 5.01 Å². The number of aliphatic hydroxyl groups excluding tert-OH is 1. The van der Waals surface area contributed by atoms with Gasteiger partial charge in [-0.05, 0) is 26.3 Å². The Labute approximate surface area is 164 Å². The number of hydrogen-bond acceptors (Lipinski definition) is 7. The van der Waals surface area contributed by atoms with Crippen molar-refractivity contribution in [3.8, 4) is 0 Å². The molecule has 2 aromatic rings. The van der Waals surface area contributed by atoms with Gasteiger partial charge < -0.3 is 15.2 Å².